The van der Waals surface area contributed by atoms with Gasteiger partial charge in [-0.2, -0.15) is 0 Å². The van der Waals surface area contributed by atoms with Crippen molar-refractivity contribution in [1.82, 2.24) is 0 Å². The van der Waals surface area contributed by atoms with Gasteiger partial charge in [-0.25, -0.2) is 4.79 Å². The molecule has 3 rings (SSSR count). The van der Waals surface area contributed by atoms with Gasteiger partial charge in [0.2, 0.25) is 0 Å². The first-order valence-corrected chi connectivity index (χ1v) is 9.59. The lowest BCUT2D eigenvalue weighted by atomic mass is 9.96. The number of aryl methyl sites for hydroxylation is 1. The maximum absolute atomic E-state index is 12.3. The molecule has 5 heteroatoms. The van der Waals surface area contributed by atoms with Gasteiger partial charge in [0.05, 0.1) is 5.56 Å². The van der Waals surface area contributed by atoms with E-state index in [0.29, 0.717) is 11.5 Å². The molecule has 0 fully saturated rings. The van der Waals surface area contributed by atoms with Crippen molar-refractivity contribution in [2.75, 3.05) is 11.9 Å². The number of fused-ring (bicyclic) bond motifs is 1. The number of para-hydroxylation sites is 1. The Labute approximate surface area is 152 Å². The lowest BCUT2D eigenvalue weighted by Crippen LogP contribution is -2.22. The van der Waals surface area contributed by atoms with Crippen molar-refractivity contribution in [3.05, 3.63) is 51.2 Å². The normalized spacial score (nSPS) is 13.4. The second-order valence-corrected chi connectivity index (χ2v) is 7.59. The van der Waals surface area contributed by atoms with E-state index in [1.807, 2.05) is 29.6 Å². The Kier molecular flexibility index (Phi) is 5.53. The van der Waals surface area contributed by atoms with Crippen LogP contribution in [0.2, 0.25) is 0 Å². The van der Waals surface area contributed by atoms with Gasteiger partial charge in [0.1, 0.15) is 0 Å². The van der Waals surface area contributed by atoms with Crippen molar-refractivity contribution in [1.29, 1.82) is 0 Å². The van der Waals surface area contributed by atoms with E-state index in [-0.39, 0.29) is 12.5 Å². The van der Waals surface area contributed by atoms with E-state index in [0.717, 1.165) is 36.1 Å². The highest BCUT2D eigenvalue weighted by molar-refractivity contribution is 7.10. The van der Waals surface area contributed by atoms with Gasteiger partial charge < -0.3 is 10.1 Å². The molecule has 0 saturated carbocycles. The van der Waals surface area contributed by atoms with Crippen LogP contribution in [0.5, 0.6) is 0 Å². The summed E-state index contributed by atoms with van der Waals surface area (Å²) in [6, 6.07) is 7.68. The van der Waals surface area contributed by atoms with E-state index >= 15 is 0 Å². The van der Waals surface area contributed by atoms with E-state index in [1.165, 1.54) is 11.3 Å². The number of nitrogens with one attached hydrogen (secondary N) is 1. The third kappa shape index (κ3) is 4.10. The van der Waals surface area contributed by atoms with Gasteiger partial charge in [-0.3, -0.25) is 4.79 Å². The molecule has 1 aromatic heterocycles. The van der Waals surface area contributed by atoms with Crippen molar-refractivity contribution in [2.45, 2.75) is 45.4 Å². The minimum atomic E-state index is -0.397. The quantitative estimate of drug-likeness (QED) is 0.799. The molecule has 0 saturated heterocycles. The molecule has 0 aliphatic heterocycles. The first-order chi connectivity index (χ1) is 12.1. The third-order valence-electron chi connectivity index (χ3n) is 4.47. The summed E-state index contributed by atoms with van der Waals surface area (Å²) in [7, 11) is 0. The van der Waals surface area contributed by atoms with Gasteiger partial charge in [0.15, 0.2) is 6.61 Å². The molecule has 132 valence electrons. The third-order valence-corrected chi connectivity index (χ3v) is 5.56. The Morgan fingerprint density at radius 1 is 1.20 bits per heavy atom. The van der Waals surface area contributed by atoms with E-state index in [1.54, 1.807) is 11.3 Å². The fraction of sp³-hybridized carbons (Fsp3) is 0.400. The van der Waals surface area contributed by atoms with Crippen LogP contribution in [0.3, 0.4) is 0 Å². The predicted molar refractivity (Wildman–Crippen MR) is 100 cm³/mol. The first-order valence-electron chi connectivity index (χ1n) is 8.71. The fourth-order valence-corrected chi connectivity index (χ4v) is 4.29. The molecular weight excluding hydrogens is 334 g/mol. The Morgan fingerprint density at radius 2 is 1.96 bits per heavy atom. The minimum Gasteiger partial charge on any atom is -0.452 e. The van der Waals surface area contributed by atoms with Gasteiger partial charge in [-0.05, 0) is 48.8 Å². The van der Waals surface area contributed by atoms with E-state index in [4.69, 9.17) is 4.74 Å². The van der Waals surface area contributed by atoms with Crippen LogP contribution in [0.15, 0.2) is 29.6 Å². The Hall–Kier alpha value is -2.14. The lowest BCUT2D eigenvalue weighted by molar-refractivity contribution is -0.119. The molecule has 0 spiro atoms. The summed E-state index contributed by atoms with van der Waals surface area (Å²) in [5.41, 5.74) is 3.59. The summed E-state index contributed by atoms with van der Waals surface area (Å²) < 4.78 is 5.24. The zero-order valence-corrected chi connectivity index (χ0v) is 15.4. The molecule has 0 radical (unpaired) electrons. The number of hydrogen-bond acceptors (Lipinski definition) is 4. The van der Waals surface area contributed by atoms with Crippen molar-refractivity contribution < 1.29 is 14.3 Å². The van der Waals surface area contributed by atoms with Crippen LogP contribution in [0, 0.1) is 0 Å². The molecular formula is C20H23NO3S. The predicted octanol–water partition coefficient (Wildman–Crippen LogP) is 4.55. The van der Waals surface area contributed by atoms with Gasteiger partial charge in [-0.1, -0.05) is 32.0 Å². The average molecular weight is 357 g/mol. The average Bonchev–Trinajstić information content (AvgIpc) is 3.04. The van der Waals surface area contributed by atoms with Gasteiger partial charge in [0, 0.05) is 15.9 Å². The second-order valence-electron chi connectivity index (χ2n) is 6.62. The standard InChI is InChI=1S/C20H23NO3S/c1-13(2)14-7-3-5-9-17(14)21-19(22)11-24-20(23)16-12-25-18-10-6-4-8-15(16)18/h3,5,7,9,12-13H,4,6,8,10-11H2,1-2H3,(H,21,22). The Balaban J connectivity index is 1.59. The van der Waals surface area contributed by atoms with E-state index < -0.39 is 5.97 Å². The molecule has 1 amide bonds. The number of ether oxygens (including phenoxy) is 1. The summed E-state index contributed by atoms with van der Waals surface area (Å²) in [5, 5.41) is 4.71. The zero-order valence-electron chi connectivity index (χ0n) is 14.6. The van der Waals surface area contributed by atoms with Gasteiger partial charge >= 0.3 is 5.97 Å². The number of carbonyl (C=O) groups excluding carboxylic acids is 2. The molecule has 1 aliphatic rings. The molecule has 1 aliphatic carbocycles. The number of carbonyl (C=O) groups is 2. The minimum absolute atomic E-state index is 0.268. The number of amides is 1. The highest BCUT2D eigenvalue weighted by Gasteiger charge is 2.21. The van der Waals surface area contributed by atoms with Crippen molar-refractivity contribution >= 4 is 28.9 Å². The topological polar surface area (TPSA) is 55.4 Å². The zero-order chi connectivity index (χ0) is 17.8. The van der Waals surface area contributed by atoms with Crippen molar-refractivity contribution in [2.24, 2.45) is 0 Å². The first kappa shape index (κ1) is 17.7. The number of thiophene rings is 1. The van der Waals surface area contributed by atoms with Crippen LogP contribution < -0.4 is 5.32 Å². The van der Waals surface area contributed by atoms with Crippen LogP contribution in [-0.4, -0.2) is 18.5 Å². The summed E-state index contributed by atoms with van der Waals surface area (Å²) in [6.07, 6.45) is 4.26. The Bertz CT molecular complexity index is 779. The van der Waals surface area contributed by atoms with Crippen LogP contribution in [0.4, 0.5) is 5.69 Å². The monoisotopic (exact) mass is 357 g/mol. The maximum atomic E-state index is 12.3. The molecule has 1 heterocycles. The summed E-state index contributed by atoms with van der Waals surface area (Å²) >= 11 is 1.62. The number of anilines is 1. The maximum Gasteiger partial charge on any atom is 0.339 e. The molecule has 1 N–H and O–H groups in total. The molecule has 2 aromatic rings. The number of hydrogen-bond donors (Lipinski definition) is 1. The van der Waals surface area contributed by atoms with Crippen LogP contribution in [0.25, 0.3) is 0 Å². The molecule has 1 aromatic carbocycles. The second kappa shape index (κ2) is 7.83. The summed E-state index contributed by atoms with van der Waals surface area (Å²) in [4.78, 5) is 25.8. The van der Waals surface area contributed by atoms with Crippen molar-refractivity contribution in [3.63, 3.8) is 0 Å². The van der Waals surface area contributed by atoms with Crippen molar-refractivity contribution in [3.8, 4) is 0 Å². The van der Waals surface area contributed by atoms with Gasteiger partial charge in [0.25, 0.3) is 5.91 Å². The summed E-state index contributed by atoms with van der Waals surface area (Å²) in [5.74, 6) is -0.409. The molecule has 0 unspecified atom stereocenters. The number of esters is 1. The fourth-order valence-electron chi connectivity index (χ4n) is 3.17. The van der Waals surface area contributed by atoms with E-state index in [9.17, 15) is 9.59 Å². The molecule has 25 heavy (non-hydrogen) atoms. The van der Waals surface area contributed by atoms with Crippen LogP contribution >= 0.6 is 11.3 Å². The molecule has 0 bridgehead atoms. The molecule has 0 atom stereocenters. The SMILES string of the molecule is CC(C)c1ccccc1NC(=O)COC(=O)c1csc2c1CCCC2. The lowest BCUT2D eigenvalue weighted by Gasteiger charge is -2.14. The van der Waals surface area contributed by atoms with Gasteiger partial charge in [-0.15, -0.1) is 11.3 Å². The smallest absolute Gasteiger partial charge is 0.339 e. The molecule has 4 nitrogen and oxygen atoms in total. The largest absolute Gasteiger partial charge is 0.452 e. The van der Waals surface area contributed by atoms with Crippen LogP contribution in [0.1, 0.15) is 59.0 Å². The highest BCUT2D eigenvalue weighted by Crippen LogP contribution is 2.30. The Morgan fingerprint density at radius 3 is 2.76 bits per heavy atom. The summed E-state index contributed by atoms with van der Waals surface area (Å²) in [6.45, 7) is 3.88. The number of rotatable bonds is 5. The highest BCUT2D eigenvalue weighted by atomic mass is 32.1. The number of benzene rings is 1. The van der Waals surface area contributed by atoms with E-state index in [2.05, 4.69) is 19.2 Å². The van der Waals surface area contributed by atoms with Crippen LogP contribution in [-0.2, 0) is 22.4 Å².